The fraction of sp³-hybridized carbons (Fsp3) is 0.533. The molecule has 18 heavy (non-hydrogen) atoms. The molecule has 0 spiro atoms. The van der Waals surface area contributed by atoms with E-state index in [1.807, 2.05) is 24.3 Å². The number of hydrogen-bond donors (Lipinski definition) is 1. The standard InChI is InChI=1S/C15H21NO2/c1-18-14-8-4-5-12(11-14)9-10-15(17)16-13-6-2-3-7-13/h4-5,8,11,13H,2-3,6-7,9-10H2,1H3,(H,16,17). The van der Waals surface area contributed by atoms with Gasteiger partial charge in [-0.2, -0.15) is 0 Å². The molecule has 0 aliphatic heterocycles. The minimum atomic E-state index is 0.171. The molecule has 0 saturated heterocycles. The van der Waals surface area contributed by atoms with Crippen molar-refractivity contribution in [3.63, 3.8) is 0 Å². The quantitative estimate of drug-likeness (QED) is 0.868. The van der Waals surface area contributed by atoms with Crippen molar-refractivity contribution in [2.75, 3.05) is 7.11 Å². The SMILES string of the molecule is COc1cccc(CCC(=O)NC2CCCC2)c1. The molecule has 0 unspecified atom stereocenters. The van der Waals surface area contributed by atoms with Crippen LogP contribution in [0.3, 0.4) is 0 Å². The second-order valence-electron chi connectivity index (χ2n) is 4.90. The number of carbonyl (C=O) groups excluding carboxylic acids is 1. The van der Waals surface area contributed by atoms with Crippen molar-refractivity contribution < 1.29 is 9.53 Å². The van der Waals surface area contributed by atoms with E-state index in [-0.39, 0.29) is 5.91 Å². The molecule has 0 atom stereocenters. The Morgan fingerprint density at radius 3 is 2.89 bits per heavy atom. The summed E-state index contributed by atoms with van der Waals surface area (Å²) in [4.78, 5) is 11.8. The molecule has 1 aromatic carbocycles. The Morgan fingerprint density at radius 1 is 1.39 bits per heavy atom. The van der Waals surface area contributed by atoms with Crippen molar-refractivity contribution in [1.29, 1.82) is 0 Å². The molecule has 1 aromatic rings. The number of amides is 1. The number of aryl methyl sites for hydroxylation is 1. The first-order valence-electron chi connectivity index (χ1n) is 6.70. The van der Waals surface area contributed by atoms with Crippen molar-refractivity contribution in [2.24, 2.45) is 0 Å². The fourth-order valence-electron chi connectivity index (χ4n) is 2.46. The second-order valence-corrected chi connectivity index (χ2v) is 4.90. The molecule has 3 nitrogen and oxygen atoms in total. The third-order valence-corrected chi connectivity index (χ3v) is 3.50. The van der Waals surface area contributed by atoms with Crippen LogP contribution in [-0.2, 0) is 11.2 Å². The Morgan fingerprint density at radius 2 is 2.17 bits per heavy atom. The van der Waals surface area contributed by atoms with Gasteiger partial charge in [0.25, 0.3) is 0 Å². The lowest BCUT2D eigenvalue weighted by Gasteiger charge is -2.11. The number of benzene rings is 1. The molecule has 2 rings (SSSR count). The smallest absolute Gasteiger partial charge is 0.220 e. The summed E-state index contributed by atoms with van der Waals surface area (Å²) in [6, 6.07) is 8.32. The van der Waals surface area contributed by atoms with Crippen molar-refractivity contribution >= 4 is 5.91 Å². The molecule has 0 bridgehead atoms. The Kier molecular flexibility index (Phi) is 4.62. The van der Waals surface area contributed by atoms with Crippen LogP contribution in [0.4, 0.5) is 0 Å². The largest absolute Gasteiger partial charge is 0.497 e. The van der Waals surface area contributed by atoms with E-state index in [2.05, 4.69) is 5.32 Å². The van der Waals surface area contributed by atoms with Gasteiger partial charge in [0.2, 0.25) is 5.91 Å². The predicted octanol–water partition coefficient (Wildman–Crippen LogP) is 2.69. The minimum Gasteiger partial charge on any atom is -0.497 e. The molecule has 98 valence electrons. The van der Waals surface area contributed by atoms with Gasteiger partial charge < -0.3 is 10.1 Å². The van der Waals surface area contributed by atoms with Gasteiger partial charge in [-0.15, -0.1) is 0 Å². The molecule has 0 aromatic heterocycles. The molecule has 0 radical (unpaired) electrons. The maximum atomic E-state index is 11.8. The van der Waals surface area contributed by atoms with E-state index in [1.165, 1.54) is 12.8 Å². The number of hydrogen-bond acceptors (Lipinski definition) is 2. The molecule has 1 aliphatic carbocycles. The average Bonchev–Trinajstić information content (AvgIpc) is 2.89. The molecular formula is C15H21NO2. The Balaban J connectivity index is 1.77. The molecule has 1 aliphatic rings. The number of rotatable bonds is 5. The predicted molar refractivity (Wildman–Crippen MR) is 71.7 cm³/mol. The number of nitrogens with one attached hydrogen (secondary N) is 1. The first kappa shape index (κ1) is 12.9. The maximum absolute atomic E-state index is 11.8. The highest BCUT2D eigenvalue weighted by Crippen LogP contribution is 2.18. The summed E-state index contributed by atoms with van der Waals surface area (Å²) >= 11 is 0. The van der Waals surface area contributed by atoms with Crippen LogP contribution >= 0.6 is 0 Å². The van der Waals surface area contributed by atoms with Gasteiger partial charge in [0.15, 0.2) is 0 Å². The lowest BCUT2D eigenvalue weighted by atomic mass is 10.1. The summed E-state index contributed by atoms with van der Waals surface area (Å²) in [5, 5.41) is 3.11. The first-order valence-corrected chi connectivity index (χ1v) is 6.70. The van der Waals surface area contributed by atoms with Crippen LogP contribution in [0.25, 0.3) is 0 Å². The Bertz CT molecular complexity index is 397. The van der Waals surface area contributed by atoms with Crippen LogP contribution in [0.2, 0.25) is 0 Å². The zero-order valence-electron chi connectivity index (χ0n) is 10.9. The molecule has 1 N–H and O–H groups in total. The zero-order chi connectivity index (χ0) is 12.8. The molecule has 0 heterocycles. The first-order chi connectivity index (χ1) is 8.78. The second kappa shape index (κ2) is 6.43. The van der Waals surface area contributed by atoms with Gasteiger partial charge in [0, 0.05) is 12.5 Å². The minimum absolute atomic E-state index is 0.171. The van der Waals surface area contributed by atoms with E-state index in [1.54, 1.807) is 7.11 Å². The Hall–Kier alpha value is -1.51. The van der Waals surface area contributed by atoms with E-state index >= 15 is 0 Å². The lowest BCUT2D eigenvalue weighted by molar-refractivity contribution is -0.121. The van der Waals surface area contributed by atoms with E-state index in [0.29, 0.717) is 12.5 Å². The summed E-state index contributed by atoms with van der Waals surface area (Å²) in [6.07, 6.45) is 6.12. The zero-order valence-corrected chi connectivity index (χ0v) is 10.9. The van der Waals surface area contributed by atoms with Crippen molar-refractivity contribution in [1.82, 2.24) is 5.32 Å². The van der Waals surface area contributed by atoms with Gasteiger partial charge in [-0.25, -0.2) is 0 Å². The van der Waals surface area contributed by atoms with Crippen LogP contribution in [0.1, 0.15) is 37.7 Å². The van der Waals surface area contributed by atoms with Gasteiger partial charge >= 0.3 is 0 Å². The molecule has 1 fully saturated rings. The summed E-state index contributed by atoms with van der Waals surface area (Å²) in [7, 11) is 1.66. The van der Waals surface area contributed by atoms with E-state index in [4.69, 9.17) is 4.74 Å². The summed E-state index contributed by atoms with van der Waals surface area (Å²) in [6.45, 7) is 0. The molecule has 1 amide bonds. The van der Waals surface area contributed by atoms with E-state index < -0.39 is 0 Å². The van der Waals surface area contributed by atoms with Gasteiger partial charge in [0.05, 0.1) is 7.11 Å². The topological polar surface area (TPSA) is 38.3 Å². The van der Waals surface area contributed by atoms with Crippen molar-refractivity contribution in [3.8, 4) is 5.75 Å². The molecular weight excluding hydrogens is 226 g/mol. The summed E-state index contributed by atoms with van der Waals surface area (Å²) in [5.74, 6) is 1.02. The van der Waals surface area contributed by atoms with Crippen LogP contribution in [0.5, 0.6) is 5.75 Å². The lowest BCUT2D eigenvalue weighted by Crippen LogP contribution is -2.32. The number of carbonyl (C=O) groups is 1. The summed E-state index contributed by atoms with van der Waals surface area (Å²) < 4.78 is 5.17. The van der Waals surface area contributed by atoms with E-state index in [0.717, 1.165) is 30.6 Å². The highest BCUT2D eigenvalue weighted by molar-refractivity contribution is 5.76. The maximum Gasteiger partial charge on any atom is 0.220 e. The molecule has 1 saturated carbocycles. The normalized spacial score (nSPS) is 15.6. The Labute approximate surface area is 109 Å². The summed E-state index contributed by atoms with van der Waals surface area (Å²) in [5.41, 5.74) is 1.15. The number of ether oxygens (including phenoxy) is 1. The number of methoxy groups -OCH3 is 1. The third-order valence-electron chi connectivity index (χ3n) is 3.50. The highest BCUT2D eigenvalue weighted by atomic mass is 16.5. The van der Waals surface area contributed by atoms with Gasteiger partial charge in [0.1, 0.15) is 5.75 Å². The van der Waals surface area contributed by atoms with Crippen LogP contribution < -0.4 is 10.1 Å². The van der Waals surface area contributed by atoms with Crippen LogP contribution in [0.15, 0.2) is 24.3 Å². The van der Waals surface area contributed by atoms with Crippen molar-refractivity contribution in [3.05, 3.63) is 29.8 Å². The molecule has 3 heteroatoms. The van der Waals surface area contributed by atoms with Gasteiger partial charge in [-0.3, -0.25) is 4.79 Å². The highest BCUT2D eigenvalue weighted by Gasteiger charge is 2.16. The van der Waals surface area contributed by atoms with Crippen LogP contribution in [-0.4, -0.2) is 19.1 Å². The van der Waals surface area contributed by atoms with E-state index in [9.17, 15) is 4.79 Å². The van der Waals surface area contributed by atoms with Gasteiger partial charge in [-0.1, -0.05) is 25.0 Å². The van der Waals surface area contributed by atoms with Crippen LogP contribution in [0, 0.1) is 0 Å². The average molecular weight is 247 g/mol. The van der Waals surface area contributed by atoms with Crippen molar-refractivity contribution in [2.45, 2.75) is 44.6 Å². The fourth-order valence-corrected chi connectivity index (χ4v) is 2.46. The third kappa shape index (κ3) is 3.76. The van der Waals surface area contributed by atoms with Gasteiger partial charge in [-0.05, 0) is 37.0 Å². The monoisotopic (exact) mass is 247 g/mol.